The van der Waals surface area contributed by atoms with Gasteiger partial charge >= 0.3 is 0 Å². The SMILES string of the molecule is CC(C)N(CCCl)C(=O)c1cc(Br)ccc1Br. The fourth-order valence-electron chi connectivity index (χ4n) is 1.50. The van der Waals surface area contributed by atoms with Crippen LogP contribution in [0.15, 0.2) is 27.1 Å². The molecule has 0 saturated carbocycles. The van der Waals surface area contributed by atoms with Crippen LogP contribution in [0, 0.1) is 0 Å². The number of nitrogens with zero attached hydrogens (tertiary/aromatic N) is 1. The first kappa shape index (κ1) is 15.0. The summed E-state index contributed by atoms with van der Waals surface area (Å²) in [5.41, 5.74) is 0.651. The fraction of sp³-hybridized carbons (Fsp3) is 0.417. The second-order valence-corrected chi connectivity index (χ2v) is 6.05. The van der Waals surface area contributed by atoms with Crippen LogP contribution in [0.1, 0.15) is 24.2 Å². The molecule has 1 aromatic carbocycles. The summed E-state index contributed by atoms with van der Waals surface area (Å²) in [6.07, 6.45) is 0. The van der Waals surface area contributed by atoms with Crippen LogP contribution in [0.5, 0.6) is 0 Å². The summed E-state index contributed by atoms with van der Waals surface area (Å²) in [4.78, 5) is 14.1. The van der Waals surface area contributed by atoms with E-state index < -0.39 is 0 Å². The molecule has 1 aromatic rings. The highest BCUT2D eigenvalue weighted by Gasteiger charge is 2.20. The van der Waals surface area contributed by atoms with Crippen molar-refractivity contribution < 1.29 is 4.79 Å². The van der Waals surface area contributed by atoms with E-state index in [2.05, 4.69) is 31.9 Å². The lowest BCUT2D eigenvalue weighted by atomic mass is 10.1. The molecule has 2 nitrogen and oxygen atoms in total. The van der Waals surface area contributed by atoms with Gasteiger partial charge in [0.15, 0.2) is 0 Å². The Morgan fingerprint density at radius 2 is 2.06 bits per heavy atom. The number of hydrogen-bond donors (Lipinski definition) is 0. The summed E-state index contributed by atoms with van der Waals surface area (Å²) in [5, 5.41) is 0. The monoisotopic (exact) mass is 381 g/mol. The molecular weight excluding hydrogens is 369 g/mol. The van der Waals surface area contributed by atoms with E-state index in [9.17, 15) is 4.79 Å². The third kappa shape index (κ3) is 3.97. The van der Waals surface area contributed by atoms with E-state index in [1.807, 2.05) is 32.0 Å². The largest absolute Gasteiger partial charge is 0.335 e. The lowest BCUT2D eigenvalue weighted by Gasteiger charge is -2.26. The molecule has 0 aliphatic carbocycles. The topological polar surface area (TPSA) is 20.3 Å². The van der Waals surface area contributed by atoms with Crippen molar-refractivity contribution in [2.75, 3.05) is 12.4 Å². The van der Waals surface area contributed by atoms with Gasteiger partial charge in [0.2, 0.25) is 0 Å². The highest BCUT2D eigenvalue weighted by molar-refractivity contribution is 9.11. The Morgan fingerprint density at radius 1 is 1.41 bits per heavy atom. The van der Waals surface area contributed by atoms with Crippen LogP contribution in [0.3, 0.4) is 0 Å². The number of carbonyl (C=O) groups is 1. The van der Waals surface area contributed by atoms with E-state index in [0.29, 0.717) is 18.0 Å². The van der Waals surface area contributed by atoms with Gasteiger partial charge in [-0.3, -0.25) is 4.79 Å². The van der Waals surface area contributed by atoms with Crippen molar-refractivity contribution in [1.82, 2.24) is 4.90 Å². The molecule has 0 fully saturated rings. The highest BCUT2D eigenvalue weighted by Crippen LogP contribution is 2.23. The molecule has 0 spiro atoms. The van der Waals surface area contributed by atoms with Gasteiger partial charge in [0.1, 0.15) is 0 Å². The first-order chi connectivity index (χ1) is 7.97. The molecule has 17 heavy (non-hydrogen) atoms. The third-order valence-electron chi connectivity index (χ3n) is 2.37. The summed E-state index contributed by atoms with van der Waals surface area (Å²) in [6.45, 7) is 4.52. The Morgan fingerprint density at radius 3 is 2.59 bits per heavy atom. The number of alkyl halides is 1. The van der Waals surface area contributed by atoms with Gasteiger partial charge in [0.05, 0.1) is 5.56 Å². The van der Waals surface area contributed by atoms with Crippen molar-refractivity contribution in [3.8, 4) is 0 Å². The standard InChI is InChI=1S/C12H14Br2ClNO/c1-8(2)16(6-5-15)12(17)10-7-9(13)3-4-11(10)14/h3-4,7-8H,5-6H2,1-2H3. The van der Waals surface area contributed by atoms with Crippen molar-refractivity contribution in [3.05, 3.63) is 32.7 Å². The molecule has 1 rings (SSSR count). The van der Waals surface area contributed by atoms with Gasteiger partial charge < -0.3 is 4.90 Å². The molecular formula is C12H14Br2ClNO. The fourth-order valence-corrected chi connectivity index (χ4v) is 2.46. The lowest BCUT2D eigenvalue weighted by molar-refractivity contribution is 0.0717. The zero-order chi connectivity index (χ0) is 13.0. The zero-order valence-corrected chi connectivity index (χ0v) is 13.6. The van der Waals surface area contributed by atoms with Crippen LogP contribution in [0.25, 0.3) is 0 Å². The first-order valence-electron chi connectivity index (χ1n) is 5.29. The maximum absolute atomic E-state index is 12.4. The van der Waals surface area contributed by atoms with E-state index in [0.717, 1.165) is 8.95 Å². The Bertz CT molecular complexity index is 409. The Kier molecular flexibility index (Phi) is 5.97. The maximum atomic E-state index is 12.4. The van der Waals surface area contributed by atoms with Crippen molar-refractivity contribution in [2.24, 2.45) is 0 Å². The molecule has 0 aliphatic heterocycles. The van der Waals surface area contributed by atoms with Crippen LogP contribution >= 0.6 is 43.5 Å². The van der Waals surface area contributed by atoms with Gasteiger partial charge in [0, 0.05) is 27.4 Å². The predicted molar refractivity (Wildman–Crippen MR) is 78.7 cm³/mol. The van der Waals surface area contributed by atoms with Gasteiger partial charge in [-0.15, -0.1) is 11.6 Å². The summed E-state index contributed by atoms with van der Waals surface area (Å²) in [5.74, 6) is 0.434. The van der Waals surface area contributed by atoms with Gasteiger partial charge in [-0.1, -0.05) is 15.9 Å². The van der Waals surface area contributed by atoms with Crippen molar-refractivity contribution >= 4 is 49.4 Å². The molecule has 0 atom stereocenters. The number of hydrogen-bond acceptors (Lipinski definition) is 1. The van der Waals surface area contributed by atoms with Crippen molar-refractivity contribution in [1.29, 1.82) is 0 Å². The number of carbonyl (C=O) groups excluding carboxylic acids is 1. The van der Waals surface area contributed by atoms with Crippen molar-refractivity contribution in [3.63, 3.8) is 0 Å². The number of amides is 1. The van der Waals surface area contributed by atoms with Crippen LogP contribution in [0.2, 0.25) is 0 Å². The first-order valence-corrected chi connectivity index (χ1v) is 7.41. The predicted octanol–water partition coefficient (Wildman–Crippen LogP) is 4.30. The smallest absolute Gasteiger partial charge is 0.255 e. The van der Waals surface area contributed by atoms with Crippen LogP contribution < -0.4 is 0 Å². The Hall–Kier alpha value is -0.0600. The second kappa shape index (κ2) is 6.76. The van der Waals surface area contributed by atoms with Crippen LogP contribution in [0.4, 0.5) is 0 Å². The number of halogens is 3. The summed E-state index contributed by atoms with van der Waals surface area (Å²) >= 11 is 12.5. The Labute approximate surface area is 124 Å². The van der Waals surface area contributed by atoms with Crippen molar-refractivity contribution in [2.45, 2.75) is 19.9 Å². The molecule has 94 valence electrons. The van der Waals surface area contributed by atoms with Gasteiger partial charge in [-0.05, 0) is 48.0 Å². The molecule has 0 heterocycles. The summed E-state index contributed by atoms with van der Waals surface area (Å²) < 4.78 is 1.68. The number of rotatable bonds is 4. The summed E-state index contributed by atoms with van der Waals surface area (Å²) in [6, 6.07) is 5.70. The lowest BCUT2D eigenvalue weighted by Crippen LogP contribution is -2.38. The van der Waals surface area contributed by atoms with Gasteiger partial charge in [0.25, 0.3) is 5.91 Å². The molecule has 0 aromatic heterocycles. The quantitative estimate of drug-likeness (QED) is 0.710. The average Bonchev–Trinajstić information content (AvgIpc) is 2.28. The zero-order valence-electron chi connectivity index (χ0n) is 9.71. The van der Waals surface area contributed by atoms with Crippen LogP contribution in [-0.4, -0.2) is 29.3 Å². The van der Waals surface area contributed by atoms with E-state index in [1.165, 1.54) is 0 Å². The van der Waals surface area contributed by atoms with E-state index in [-0.39, 0.29) is 11.9 Å². The third-order valence-corrected chi connectivity index (χ3v) is 3.72. The molecule has 5 heteroatoms. The molecule has 0 N–H and O–H groups in total. The summed E-state index contributed by atoms with van der Waals surface area (Å²) in [7, 11) is 0. The number of benzene rings is 1. The highest BCUT2D eigenvalue weighted by atomic mass is 79.9. The second-order valence-electron chi connectivity index (χ2n) is 3.91. The van der Waals surface area contributed by atoms with E-state index >= 15 is 0 Å². The van der Waals surface area contributed by atoms with E-state index in [1.54, 1.807) is 4.90 Å². The normalized spacial score (nSPS) is 10.7. The molecule has 0 unspecified atom stereocenters. The molecule has 1 amide bonds. The van der Waals surface area contributed by atoms with Crippen LogP contribution in [-0.2, 0) is 0 Å². The minimum absolute atomic E-state index is 0.00572. The molecule has 0 radical (unpaired) electrons. The minimum Gasteiger partial charge on any atom is -0.335 e. The van der Waals surface area contributed by atoms with Gasteiger partial charge in [-0.25, -0.2) is 0 Å². The molecule has 0 aliphatic rings. The minimum atomic E-state index is -0.00572. The van der Waals surface area contributed by atoms with Gasteiger partial charge in [-0.2, -0.15) is 0 Å². The van der Waals surface area contributed by atoms with E-state index in [4.69, 9.17) is 11.6 Å². The maximum Gasteiger partial charge on any atom is 0.255 e. The Balaban J connectivity index is 3.04. The molecule has 0 bridgehead atoms. The average molecular weight is 384 g/mol. The molecule has 0 saturated heterocycles.